The lowest BCUT2D eigenvalue weighted by atomic mass is 9.90. The molecule has 0 saturated carbocycles. The molecule has 7 heteroatoms. The predicted molar refractivity (Wildman–Crippen MR) is 98.2 cm³/mol. The molecule has 0 fully saturated rings. The lowest BCUT2D eigenvalue weighted by Gasteiger charge is -2.23. The first-order valence-corrected chi connectivity index (χ1v) is 8.45. The fourth-order valence-electron chi connectivity index (χ4n) is 3.37. The summed E-state index contributed by atoms with van der Waals surface area (Å²) in [6, 6.07) is 11.7. The number of nitrogens with one attached hydrogen (secondary N) is 1. The number of halogens is 1. The molecule has 1 N–H and O–H groups in total. The van der Waals surface area contributed by atoms with Crippen molar-refractivity contribution >= 4 is 11.7 Å². The molecule has 0 unspecified atom stereocenters. The van der Waals surface area contributed by atoms with Crippen molar-refractivity contribution in [2.75, 3.05) is 19.5 Å². The molecule has 0 saturated heterocycles. The molecule has 1 aliphatic rings. The van der Waals surface area contributed by atoms with E-state index < -0.39 is 0 Å². The number of hydrogen-bond donors (Lipinski definition) is 1. The first-order valence-electron chi connectivity index (χ1n) is 8.45. The van der Waals surface area contributed by atoms with E-state index in [1.54, 1.807) is 43.3 Å². The van der Waals surface area contributed by atoms with Crippen LogP contribution in [0.25, 0.3) is 5.69 Å². The lowest BCUT2D eigenvalue weighted by molar-refractivity contribution is -0.116. The number of methoxy groups -OCH3 is 2. The summed E-state index contributed by atoms with van der Waals surface area (Å²) in [7, 11) is 3.15. The van der Waals surface area contributed by atoms with Crippen molar-refractivity contribution in [3.8, 4) is 17.2 Å². The van der Waals surface area contributed by atoms with Gasteiger partial charge in [0.2, 0.25) is 5.91 Å². The number of ether oxygens (including phenoxy) is 2. The number of aromatic nitrogens is 2. The van der Waals surface area contributed by atoms with Gasteiger partial charge in [0, 0.05) is 18.4 Å². The van der Waals surface area contributed by atoms with E-state index in [0.717, 1.165) is 5.56 Å². The zero-order valence-electron chi connectivity index (χ0n) is 14.9. The summed E-state index contributed by atoms with van der Waals surface area (Å²) in [6.07, 6.45) is 1.85. The Labute approximate surface area is 155 Å². The number of rotatable bonds is 4. The molecule has 2 heterocycles. The number of fused-ring (bicyclic) bond motifs is 1. The monoisotopic (exact) mass is 367 g/mol. The third-order valence-electron chi connectivity index (χ3n) is 4.67. The van der Waals surface area contributed by atoms with Gasteiger partial charge < -0.3 is 14.8 Å². The molecular formula is C20H18FN3O3. The van der Waals surface area contributed by atoms with Crippen LogP contribution in [0.4, 0.5) is 10.2 Å². The van der Waals surface area contributed by atoms with Crippen molar-refractivity contribution in [3.05, 3.63) is 65.9 Å². The Bertz CT molecular complexity index is 1020. The predicted octanol–water partition coefficient (Wildman–Crippen LogP) is 3.50. The van der Waals surface area contributed by atoms with Crippen molar-refractivity contribution in [1.29, 1.82) is 0 Å². The van der Waals surface area contributed by atoms with Gasteiger partial charge in [-0.05, 0) is 29.8 Å². The number of benzene rings is 2. The average Bonchev–Trinajstić information content (AvgIpc) is 3.10. The zero-order chi connectivity index (χ0) is 19.0. The number of carbonyl (C=O) groups excluding carboxylic acids is 1. The topological polar surface area (TPSA) is 65.4 Å². The van der Waals surface area contributed by atoms with Gasteiger partial charge in [-0.1, -0.05) is 12.1 Å². The van der Waals surface area contributed by atoms with Gasteiger partial charge in [-0.15, -0.1) is 0 Å². The van der Waals surface area contributed by atoms with Crippen molar-refractivity contribution in [2.24, 2.45) is 0 Å². The highest BCUT2D eigenvalue weighted by atomic mass is 19.1. The van der Waals surface area contributed by atoms with Crippen molar-refractivity contribution in [1.82, 2.24) is 9.55 Å². The summed E-state index contributed by atoms with van der Waals surface area (Å²) in [5.41, 5.74) is 2.13. The Morgan fingerprint density at radius 2 is 2.04 bits per heavy atom. The van der Waals surface area contributed by atoms with Gasteiger partial charge in [0.05, 0.1) is 25.6 Å². The second-order valence-electron chi connectivity index (χ2n) is 6.25. The van der Waals surface area contributed by atoms with Gasteiger partial charge in [0.25, 0.3) is 0 Å². The molecule has 1 amide bonds. The second-order valence-corrected chi connectivity index (χ2v) is 6.25. The maximum absolute atomic E-state index is 13.7. The summed E-state index contributed by atoms with van der Waals surface area (Å²) < 4.78 is 26.1. The fourth-order valence-corrected chi connectivity index (χ4v) is 3.37. The molecule has 0 aliphatic carbocycles. The van der Waals surface area contributed by atoms with Crippen LogP contribution >= 0.6 is 0 Å². The minimum Gasteiger partial charge on any atom is -0.497 e. The van der Waals surface area contributed by atoms with E-state index in [9.17, 15) is 9.18 Å². The highest BCUT2D eigenvalue weighted by molar-refractivity contribution is 5.94. The molecule has 4 rings (SSSR count). The van der Waals surface area contributed by atoms with E-state index >= 15 is 0 Å². The molecule has 6 nitrogen and oxygen atoms in total. The Morgan fingerprint density at radius 3 is 2.78 bits per heavy atom. The second kappa shape index (κ2) is 6.75. The van der Waals surface area contributed by atoms with Crippen LogP contribution in [-0.4, -0.2) is 29.7 Å². The molecule has 2 aromatic carbocycles. The van der Waals surface area contributed by atoms with Crippen molar-refractivity contribution in [3.63, 3.8) is 0 Å². The standard InChI is InChI=1S/C20H18FN3O3/c1-26-14-6-7-16(17(9-14)27-2)24-11-22-19-15(10-18(25)23-20(19)24)12-4-3-5-13(21)8-12/h3-9,11,15H,10H2,1-2H3,(H,23,25)/t15-/m0/s1. The number of amides is 1. The minimum absolute atomic E-state index is 0.147. The van der Waals surface area contributed by atoms with E-state index in [4.69, 9.17) is 9.47 Å². The molecule has 1 aliphatic heterocycles. The quantitative estimate of drug-likeness (QED) is 0.766. The average molecular weight is 367 g/mol. The first-order chi connectivity index (χ1) is 13.1. The zero-order valence-corrected chi connectivity index (χ0v) is 14.9. The largest absolute Gasteiger partial charge is 0.497 e. The first kappa shape index (κ1) is 17.1. The van der Waals surface area contributed by atoms with Crippen LogP contribution in [0.3, 0.4) is 0 Å². The van der Waals surface area contributed by atoms with Gasteiger partial charge in [0.15, 0.2) is 0 Å². The Morgan fingerprint density at radius 1 is 1.19 bits per heavy atom. The summed E-state index contributed by atoms with van der Waals surface area (Å²) in [5.74, 6) is 1.00. The lowest BCUT2D eigenvalue weighted by Crippen LogP contribution is -2.25. The van der Waals surface area contributed by atoms with Crippen LogP contribution in [-0.2, 0) is 4.79 Å². The normalized spacial score (nSPS) is 15.8. The van der Waals surface area contributed by atoms with Gasteiger partial charge in [-0.25, -0.2) is 9.37 Å². The van der Waals surface area contributed by atoms with Gasteiger partial charge in [-0.2, -0.15) is 0 Å². The highest BCUT2D eigenvalue weighted by Gasteiger charge is 2.31. The van der Waals surface area contributed by atoms with E-state index in [0.29, 0.717) is 28.7 Å². The minimum atomic E-state index is -0.337. The number of carbonyl (C=O) groups is 1. The Kier molecular flexibility index (Phi) is 4.27. The number of anilines is 1. The van der Waals surface area contributed by atoms with Gasteiger partial charge >= 0.3 is 0 Å². The van der Waals surface area contributed by atoms with E-state index in [2.05, 4.69) is 10.3 Å². The summed E-state index contributed by atoms with van der Waals surface area (Å²) in [5, 5.41) is 2.88. The Hall–Kier alpha value is -3.35. The van der Waals surface area contributed by atoms with Gasteiger partial charge in [-0.3, -0.25) is 9.36 Å². The maximum Gasteiger partial charge on any atom is 0.226 e. The number of hydrogen-bond acceptors (Lipinski definition) is 4. The maximum atomic E-state index is 13.7. The molecule has 0 spiro atoms. The van der Waals surface area contributed by atoms with Crippen LogP contribution < -0.4 is 14.8 Å². The third-order valence-corrected chi connectivity index (χ3v) is 4.67. The molecule has 3 aromatic rings. The third kappa shape index (κ3) is 3.01. The van der Waals surface area contributed by atoms with Crippen LogP contribution in [0.5, 0.6) is 11.5 Å². The molecule has 138 valence electrons. The highest BCUT2D eigenvalue weighted by Crippen LogP contribution is 2.39. The molecule has 1 atom stereocenters. The fraction of sp³-hybridized carbons (Fsp3) is 0.200. The summed E-state index contributed by atoms with van der Waals surface area (Å²) in [4.78, 5) is 16.8. The summed E-state index contributed by atoms with van der Waals surface area (Å²) >= 11 is 0. The molecule has 0 radical (unpaired) electrons. The van der Waals surface area contributed by atoms with Gasteiger partial charge in [0.1, 0.15) is 29.5 Å². The SMILES string of the molecule is COc1ccc(-n2cnc3c2NC(=O)C[C@H]3c2cccc(F)c2)c(OC)c1. The smallest absolute Gasteiger partial charge is 0.226 e. The van der Waals surface area contributed by atoms with Crippen LogP contribution in [0, 0.1) is 5.82 Å². The number of nitrogens with zero attached hydrogens (tertiary/aromatic N) is 2. The molecule has 1 aromatic heterocycles. The molecular weight excluding hydrogens is 349 g/mol. The number of imidazole rings is 1. The van der Waals surface area contributed by atoms with E-state index in [1.165, 1.54) is 12.1 Å². The van der Waals surface area contributed by atoms with Crippen LogP contribution in [0.1, 0.15) is 23.6 Å². The Balaban J connectivity index is 1.83. The van der Waals surface area contributed by atoms with E-state index in [-0.39, 0.29) is 24.1 Å². The van der Waals surface area contributed by atoms with Crippen molar-refractivity contribution < 1.29 is 18.7 Å². The van der Waals surface area contributed by atoms with Crippen LogP contribution in [0.15, 0.2) is 48.8 Å². The van der Waals surface area contributed by atoms with E-state index in [1.807, 2.05) is 12.1 Å². The van der Waals surface area contributed by atoms with Crippen LogP contribution in [0.2, 0.25) is 0 Å². The summed E-state index contributed by atoms with van der Waals surface area (Å²) in [6.45, 7) is 0. The molecule has 0 bridgehead atoms. The van der Waals surface area contributed by atoms with Crippen molar-refractivity contribution in [2.45, 2.75) is 12.3 Å². The molecule has 27 heavy (non-hydrogen) atoms.